The Bertz CT molecular complexity index is 704. The van der Waals surface area contributed by atoms with Crippen LogP contribution in [-0.2, 0) is 4.74 Å². The third kappa shape index (κ3) is 2.30. The lowest BCUT2D eigenvalue weighted by molar-refractivity contribution is -0.0703. The second-order valence-electron chi connectivity index (χ2n) is 6.29. The maximum atomic E-state index is 12.8. The van der Waals surface area contributed by atoms with Crippen molar-refractivity contribution in [3.8, 4) is 0 Å². The lowest BCUT2D eigenvalue weighted by atomic mass is 9.82. The molecule has 3 heterocycles. The van der Waals surface area contributed by atoms with E-state index in [1.807, 2.05) is 24.3 Å². The van der Waals surface area contributed by atoms with E-state index < -0.39 is 0 Å². The van der Waals surface area contributed by atoms with E-state index in [0.29, 0.717) is 17.8 Å². The Labute approximate surface area is 129 Å². The number of carbonyl (C=O) groups excluding carboxylic acids is 1. The van der Waals surface area contributed by atoms with Crippen molar-refractivity contribution in [3.63, 3.8) is 0 Å². The van der Waals surface area contributed by atoms with Crippen LogP contribution in [0.1, 0.15) is 23.3 Å². The number of fused-ring (bicyclic) bond motifs is 3. The predicted molar refractivity (Wildman–Crippen MR) is 82.8 cm³/mol. The highest BCUT2D eigenvalue weighted by Gasteiger charge is 2.39. The average Bonchev–Trinajstić information content (AvgIpc) is 2.53. The molecule has 5 nitrogen and oxygen atoms in total. The molecule has 0 radical (unpaired) electrons. The molecule has 2 aliphatic rings. The Morgan fingerprint density at radius 3 is 2.59 bits per heavy atom. The first-order valence-electron chi connectivity index (χ1n) is 7.78. The summed E-state index contributed by atoms with van der Waals surface area (Å²) in [5.74, 6) is 0.161. The number of likely N-dealkylation sites (N-methyl/N-ethyl adjacent to an activating group) is 1. The summed E-state index contributed by atoms with van der Waals surface area (Å²) in [6.45, 7) is 1.44. The average molecular weight is 297 g/mol. The third-order valence-corrected chi connectivity index (χ3v) is 4.96. The van der Waals surface area contributed by atoms with E-state index in [1.165, 1.54) is 0 Å². The van der Waals surface area contributed by atoms with Crippen molar-refractivity contribution in [2.75, 3.05) is 20.3 Å². The molecular formula is C17H19N3O2. The van der Waals surface area contributed by atoms with E-state index in [4.69, 9.17) is 4.74 Å². The Kier molecular flexibility index (Phi) is 3.39. The van der Waals surface area contributed by atoms with E-state index in [9.17, 15) is 4.79 Å². The quantitative estimate of drug-likeness (QED) is 0.793. The van der Waals surface area contributed by atoms with Gasteiger partial charge in [-0.3, -0.25) is 14.7 Å². The molecule has 2 aromatic rings. The van der Waals surface area contributed by atoms with Crippen LogP contribution < -0.4 is 0 Å². The smallest absolute Gasteiger partial charge is 0.185 e. The summed E-state index contributed by atoms with van der Waals surface area (Å²) in [5, 5.41) is 0. The van der Waals surface area contributed by atoms with Gasteiger partial charge in [0.2, 0.25) is 0 Å². The van der Waals surface area contributed by atoms with Crippen LogP contribution in [0.4, 0.5) is 0 Å². The number of aromatic nitrogens is 2. The maximum absolute atomic E-state index is 12.8. The summed E-state index contributed by atoms with van der Waals surface area (Å²) in [4.78, 5) is 24.1. The van der Waals surface area contributed by atoms with Gasteiger partial charge in [-0.2, -0.15) is 0 Å². The van der Waals surface area contributed by atoms with Gasteiger partial charge in [-0.15, -0.1) is 0 Å². The normalized spacial score (nSPS) is 28.7. The number of Topliss-reactive ketones (excluding diaryl/α,β-unsaturated/α-hetero) is 1. The molecule has 114 valence electrons. The number of hydrogen-bond acceptors (Lipinski definition) is 5. The molecule has 1 aromatic heterocycles. The Hall–Kier alpha value is -1.85. The second-order valence-corrected chi connectivity index (χ2v) is 6.29. The minimum atomic E-state index is 0.0329. The molecule has 4 rings (SSSR count). The van der Waals surface area contributed by atoms with Gasteiger partial charge in [-0.25, -0.2) is 4.98 Å². The van der Waals surface area contributed by atoms with Gasteiger partial charge in [-0.05, 0) is 32.0 Å². The zero-order valence-corrected chi connectivity index (χ0v) is 12.6. The number of rotatable bonds is 2. The van der Waals surface area contributed by atoms with Gasteiger partial charge >= 0.3 is 0 Å². The van der Waals surface area contributed by atoms with Crippen molar-refractivity contribution >= 4 is 16.8 Å². The first-order chi connectivity index (χ1) is 10.7. The largest absolute Gasteiger partial charge is 0.378 e. The van der Waals surface area contributed by atoms with Gasteiger partial charge < -0.3 is 4.74 Å². The number of nitrogens with zero attached hydrogens (tertiary/aromatic N) is 3. The van der Waals surface area contributed by atoms with Crippen molar-refractivity contribution in [3.05, 3.63) is 36.2 Å². The van der Waals surface area contributed by atoms with Gasteiger partial charge in [0, 0.05) is 18.0 Å². The molecule has 0 spiro atoms. The van der Waals surface area contributed by atoms with Crippen molar-refractivity contribution in [2.24, 2.45) is 5.92 Å². The standard InChI is InChI=1S/C17H19N3O2/c1-20-12-6-11(7-13(20)10-22-9-12)17(21)16-8-18-14-4-2-3-5-15(14)19-16/h2-5,8,11-13H,6-7,9-10H2,1H3. The van der Waals surface area contributed by atoms with Gasteiger partial charge in [0.1, 0.15) is 5.69 Å². The molecule has 2 atom stereocenters. The Balaban J connectivity index is 1.60. The number of ketones is 1. The van der Waals surface area contributed by atoms with E-state index in [-0.39, 0.29) is 11.7 Å². The van der Waals surface area contributed by atoms with E-state index in [2.05, 4.69) is 21.9 Å². The predicted octanol–water partition coefficient (Wildman–Crippen LogP) is 1.92. The topological polar surface area (TPSA) is 55.3 Å². The molecule has 1 aromatic carbocycles. The fourth-order valence-electron chi connectivity index (χ4n) is 3.59. The highest BCUT2D eigenvalue weighted by molar-refractivity contribution is 5.97. The van der Waals surface area contributed by atoms with Crippen molar-refractivity contribution < 1.29 is 9.53 Å². The third-order valence-electron chi connectivity index (χ3n) is 4.96. The van der Waals surface area contributed by atoms with E-state index in [0.717, 1.165) is 37.1 Å². The Morgan fingerprint density at radius 1 is 1.18 bits per heavy atom. The van der Waals surface area contributed by atoms with E-state index in [1.54, 1.807) is 6.20 Å². The summed E-state index contributed by atoms with van der Waals surface area (Å²) in [6, 6.07) is 8.34. The zero-order chi connectivity index (χ0) is 15.1. The molecule has 5 heteroatoms. The van der Waals surface area contributed by atoms with Crippen LogP contribution >= 0.6 is 0 Å². The van der Waals surface area contributed by atoms with E-state index >= 15 is 0 Å². The van der Waals surface area contributed by atoms with Gasteiger partial charge in [0.05, 0.1) is 30.4 Å². The molecule has 22 heavy (non-hydrogen) atoms. The van der Waals surface area contributed by atoms with Crippen LogP contribution in [0.5, 0.6) is 0 Å². The number of morpholine rings is 1. The number of benzene rings is 1. The number of carbonyl (C=O) groups is 1. The maximum Gasteiger partial charge on any atom is 0.185 e. The number of ether oxygens (including phenoxy) is 1. The van der Waals surface area contributed by atoms with Crippen LogP contribution in [-0.4, -0.2) is 53.0 Å². The molecule has 0 N–H and O–H groups in total. The molecule has 2 unspecified atom stereocenters. The summed E-state index contributed by atoms with van der Waals surface area (Å²) in [7, 11) is 2.13. The van der Waals surface area contributed by atoms with Gasteiger partial charge in [0.25, 0.3) is 0 Å². The number of hydrogen-bond donors (Lipinski definition) is 0. The monoisotopic (exact) mass is 297 g/mol. The fraction of sp³-hybridized carbons (Fsp3) is 0.471. The molecule has 0 saturated carbocycles. The van der Waals surface area contributed by atoms with Crippen molar-refractivity contribution in [1.82, 2.24) is 14.9 Å². The highest BCUT2D eigenvalue weighted by Crippen LogP contribution is 2.32. The molecule has 0 aliphatic carbocycles. The van der Waals surface area contributed by atoms with Gasteiger partial charge in [-0.1, -0.05) is 12.1 Å². The molecule has 0 amide bonds. The summed E-state index contributed by atoms with van der Waals surface area (Å²) in [6.07, 6.45) is 3.32. The van der Waals surface area contributed by atoms with Gasteiger partial charge in [0.15, 0.2) is 5.78 Å². The summed E-state index contributed by atoms with van der Waals surface area (Å²) < 4.78 is 5.62. The summed E-state index contributed by atoms with van der Waals surface area (Å²) >= 11 is 0. The van der Waals surface area contributed by atoms with Crippen LogP contribution in [0, 0.1) is 5.92 Å². The van der Waals surface area contributed by atoms with Crippen LogP contribution in [0.25, 0.3) is 11.0 Å². The van der Waals surface area contributed by atoms with Crippen LogP contribution in [0.15, 0.2) is 30.5 Å². The summed E-state index contributed by atoms with van der Waals surface area (Å²) in [5.41, 5.74) is 2.10. The second kappa shape index (κ2) is 5.41. The highest BCUT2D eigenvalue weighted by atomic mass is 16.5. The Morgan fingerprint density at radius 2 is 1.86 bits per heavy atom. The number of piperidine rings is 1. The van der Waals surface area contributed by atoms with Crippen molar-refractivity contribution in [2.45, 2.75) is 24.9 Å². The molecule has 2 bridgehead atoms. The lowest BCUT2D eigenvalue weighted by Gasteiger charge is -2.46. The minimum Gasteiger partial charge on any atom is -0.378 e. The minimum absolute atomic E-state index is 0.0329. The zero-order valence-electron chi connectivity index (χ0n) is 12.6. The lowest BCUT2D eigenvalue weighted by Crippen LogP contribution is -2.55. The molecule has 2 saturated heterocycles. The van der Waals surface area contributed by atoms with Crippen molar-refractivity contribution in [1.29, 1.82) is 0 Å². The molecule has 2 fully saturated rings. The fourth-order valence-corrected chi connectivity index (χ4v) is 3.59. The first kappa shape index (κ1) is 13.8. The first-order valence-corrected chi connectivity index (χ1v) is 7.78. The molecule has 2 aliphatic heterocycles. The number of para-hydroxylation sites is 2. The SMILES string of the molecule is CN1C2COCC1CC(C(=O)c1cnc3ccccc3n1)C2. The molecular weight excluding hydrogens is 278 g/mol. The van der Waals surface area contributed by atoms with Crippen LogP contribution in [0.3, 0.4) is 0 Å². The van der Waals surface area contributed by atoms with Crippen LogP contribution in [0.2, 0.25) is 0 Å².